The van der Waals surface area contributed by atoms with Crippen LogP contribution in [0.3, 0.4) is 0 Å². The molecule has 1 aromatic heterocycles. The smallest absolute Gasteiger partial charge is 0.260 e. The molecule has 3 rings (SSSR count). The lowest BCUT2D eigenvalue weighted by molar-refractivity contribution is -0.132. The number of hydrogen-bond donors (Lipinski definition) is 0. The summed E-state index contributed by atoms with van der Waals surface area (Å²) in [6.45, 7) is 1.53. The largest absolute Gasteiger partial charge is 0.482 e. The summed E-state index contributed by atoms with van der Waals surface area (Å²) in [6, 6.07) is 7.10. The Labute approximate surface area is 143 Å². The number of nitrogens with zero attached hydrogens (tertiary/aromatic N) is 1. The molecule has 1 amide bonds. The van der Waals surface area contributed by atoms with Crippen LogP contribution in [-0.4, -0.2) is 30.5 Å². The number of hydrogen-bond acceptors (Lipinski definition) is 3. The van der Waals surface area contributed by atoms with Gasteiger partial charge in [0.05, 0.1) is 5.02 Å². The molecule has 1 aliphatic heterocycles. The van der Waals surface area contributed by atoms with Gasteiger partial charge in [0.1, 0.15) is 5.75 Å². The quantitative estimate of drug-likeness (QED) is 0.810. The molecule has 6 heteroatoms. The Kier molecular flexibility index (Phi) is 4.91. The van der Waals surface area contributed by atoms with Gasteiger partial charge in [0, 0.05) is 24.0 Å². The van der Waals surface area contributed by atoms with Crippen molar-refractivity contribution in [3.05, 3.63) is 50.6 Å². The van der Waals surface area contributed by atoms with Gasteiger partial charge in [-0.3, -0.25) is 4.79 Å². The van der Waals surface area contributed by atoms with Crippen LogP contribution in [0.1, 0.15) is 17.9 Å². The molecule has 3 nitrogen and oxygen atoms in total. The topological polar surface area (TPSA) is 29.5 Å². The van der Waals surface area contributed by atoms with Crippen molar-refractivity contribution in [3.63, 3.8) is 0 Å². The highest BCUT2D eigenvalue weighted by Gasteiger charge is 2.27. The molecule has 1 saturated heterocycles. The van der Waals surface area contributed by atoms with Crippen molar-refractivity contribution in [2.45, 2.75) is 12.3 Å². The van der Waals surface area contributed by atoms with E-state index in [1.54, 1.807) is 29.5 Å². The first-order valence-electron chi connectivity index (χ1n) is 7.01. The van der Waals surface area contributed by atoms with Crippen LogP contribution >= 0.6 is 34.5 Å². The minimum absolute atomic E-state index is 0.00227. The van der Waals surface area contributed by atoms with Gasteiger partial charge >= 0.3 is 0 Å². The van der Waals surface area contributed by atoms with Crippen molar-refractivity contribution >= 4 is 40.4 Å². The molecule has 2 aromatic rings. The number of ether oxygens (including phenoxy) is 1. The van der Waals surface area contributed by atoms with E-state index in [0.717, 1.165) is 19.5 Å². The van der Waals surface area contributed by atoms with Gasteiger partial charge in [-0.15, -0.1) is 0 Å². The molecule has 1 aliphatic rings. The minimum atomic E-state index is -0.0104. The molecule has 22 heavy (non-hydrogen) atoms. The van der Waals surface area contributed by atoms with Crippen LogP contribution < -0.4 is 4.74 Å². The van der Waals surface area contributed by atoms with Gasteiger partial charge in [-0.05, 0) is 47.0 Å². The fourth-order valence-electron chi connectivity index (χ4n) is 2.59. The maximum atomic E-state index is 12.2. The maximum Gasteiger partial charge on any atom is 0.260 e. The molecule has 1 aromatic carbocycles. The molecule has 2 heterocycles. The van der Waals surface area contributed by atoms with E-state index in [2.05, 4.69) is 16.8 Å². The number of likely N-dealkylation sites (tertiary alicyclic amines) is 1. The van der Waals surface area contributed by atoms with Gasteiger partial charge in [0.15, 0.2) is 6.61 Å². The first-order chi connectivity index (χ1) is 10.6. The average molecular weight is 356 g/mol. The van der Waals surface area contributed by atoms with Crippen LogP contribution in [-0.2, 0) is 4.79 Å². The summed E-state index contributed by atoms with van der Waals surface area (Å²) in [5.41, 5.74) is 1.32. The fraction of sp³-hybridized carbons (Fsp3) is 0.312. The highest BCUT2D eigenvalue weighted by molar-refractivity contribution is 7.08. The van der Waals surface area contributed by atoms with Crippen molar-refractivity contribution < 1.29 is 9.53 Å². The zero-order valence-corrected chi connectivity index (χ0v) is 14.1. The Balaban J connectivity index is 1.54. The SMILES string of the molecule is O=C(COc1ccc(Cl)cc1Cl)N1CCC(c2ccsc2)C1. The lowest BCUT2D eigenvalue weighted by Crippen LogP contribution is -2.32. The lowest BCUT2D eigenvalue weighted by Gasteiger charge is -2.17. The molecule has 1 fully saturated rings. The molecule has 1 atom stereocenters. The summed E-state index contributed by atoms with van der Waals surface area (Å²) in [4.78, 5) is 14.1. The van der Waals surface area contributed by atoms with Crippen LogP contribution in [0.25, 0.3) is 0 Å². The third kappa shape index (κ3) is 3.57. The van der Waals surface area contributed by atoms with E-state index in [-0.39, 0.29) is 12.5 Å². The summed E-state index contributed by atoms with van der Waals surface area (Å²) in [5.74, 6) is 0.908. The van der Waals surface area contributed by atoms with Crippen LogP contribution in [0.5, 0.6) is 5.75 Å². The number of halogens is 2. The second-order valence-electron chi connectivity index (χ2n) is 5.25. The standard InChI is InChI=1S/C16H15Cl2NO2S/c17-13-1-2-15(14(18)7-13)21-9-16(20)19-5-3-11(8-19)12-4-6-22-10-12/h1-2,4,6-7,10-11H,3,5,8-9H2. The third-order valence-electron chi connectivity index (χ3n) is 3.80. The van der Waals surface area contributed by atoms with Crippen LogP contribution in [0.4, 0.5) is 0 Å². The van der Waals surface area contributed by atoms with Crippen molar-refractivity contribution in [2.24, 2.45) is 0 Å². The van der Waals surface area contributed by atoms with Gasteiger partial charge in [-0.2, -0.15) is 11.3 Å². The Hall–Kier alpha value is -1.23. The van der Waals surface area contributed by atoms with Gasteiger partial charge in [0.2, 0.25) is 0 Å². The van der Waals surface area contributed by atoms with Crippen LogP contribution in [0.2, 0.25) is 10.0 Å². The van der Waals surface area contributed by atoms with Crippen LogP contribution in [0, 0.1) is 0 Å². The Morgan fingerprint density at radius 1 is 1.36 bits per heavy atom. The van der Waals surface area contributed by atoms with E-state index >= 15 is 0 Å². The summed E-state index contributed by atoms with van der Waals surface area (Å²) in [5, 5.41) is 5.19. The average Bonchev–Trinajstić information content (AvgIpc) is 3.17. The Morgan fingerprint density at radius 3 is 2.95 bits per heavy atom. The number of rotatable bonds is 4. The molecule has 1 unspecified atom stereocenters. The summed E-state index contributed by atoms with van der Waals surface area (Å²) in [7, 11) is 0. The molecular weight excluding hydrogens is 341 g/mol. The van der Waals surface area contributed by atoms with Crippen molar-refractivity contribution in [1.82, 2.24) is 4.90 Å². The monoisotopic (exact) mass is 355 g/mol. The molecule has 116 valence electrons. The first-order valence-corrected chi connectivity index (χ1v) is 8.71. The molecule has 0 N–H and O–H groups in total. The molecule has 0 radical (unpaired) electrons. The number of benzene rings is 1. The van der Waals surface area contributed by atoms with E-state index in [9.17, 15) is 4.79 Å². The Bertz CT molecular complexity index is 660. The minimum Gasteiger partial charge on any atom is -0.482 e. The fourth-order valence-corrected chi connectivity index (χ4v) is 3.79. The third-order valence-corrected chi connectivity index (χ3v) is 5.03. The molecule has 0 spiro atoms. The molecule has 0 bridgehead atoms. The van der Waals surface area contributed by atoms with Crippen molar-refractivity contribution in [3.8, 4) is 5.75 Å². The highest BCUT2D eigenvalue weighted by atomic mass is 35.5. The van der Waals surface area contributed by atoms with E-state index < -0.39 is 0 Å². The van der Waals surface area contributed by atoms with E-state index in [1.165, 1.54) is 5.56 Å². The van der Waals surface area contributed by atoms with Crippen LogP contribution in [0.15, 0.2) is 35.0 Å². The number of thiophene rings is 1. The molecule has 0 aliphatic carbocycles. The zero-order chi connectivity index (χ0) is 15.5. The number of carbonyl (C=O) groups excluding carboxylic acids is 1. The predicted octanol–water partition coefficient (Wildman–Crippen LogP) is 4.45. The van der Waals surface area contributed by atoms with E-state index in [0.29, 0.717) is 21.7 Å². The molecular formula is C16H15Cl2NO2S. The lowest BCUT2D eigenvalue weighted by atomic mass is 10.0. The van der Waals surface area contributed by atoms with Gasteiger partial charge in [0.25, 0.3) is 5.91 Å². The first kappa shape index (κ1) is 15.7. The highest BCUT2D eigenvalue weighted by Crippen LogP contribution is 2.30. The number of amides is 1. The van der Waals surface area contributed by atoms with Gasteiger partial charge < -0.3 is 9.64 Å². The van der Waals surface area contributed by atoms with Gasteiger partial charge in [-0.1, -0.05) is 23.2 Å². The second-order valence-corrected chi connectivity index (χ2v) is 6.87. The van der Waals surface area contributed by atoms with Crippen molar-refractivity contribution in [2.75, 3.05) is 19.7 Å². The Morgan fingerprint density at radius 2 is 2.23 bits per heavy atom. The summed E-state index contributed by atoms with van der Waals surface area (Å²) < 4.78 is 5.51. The van der Waals surface area contributed by atoms with Crippen molar-refractivity contribution in [1.29, 1.82) is 0 Å². The summed E-state index contributed by atoms with van der Waals surface area (Å²) >= 11 is 13.6. The second kappa shape index (κ2) is 6.90. The summed E-state index contributed by atoms with van der Waals surface area (Å²) in [6.07, 6.45) is 1.00. The number of carbonyl (C=O) groups is 1. The van der Waals surface area contributed by atoms with E-state index in [4.69, 9.17) is 27.9 Å². The van der Waals surface area contributed by atoms with Gasteiger partial charge in [-0.25, -0.2) is 0 Å². The molecule has 0 saturated carbocycles. The maximum absolute atomic E-state index is 12.2. The zero-order valence-electron chi connectivity index (χ0n) is 11.8. The van der Waals surface area contributed by atoms with E-state index in [1.807, 2.05) is 4.90 Å². The predicted molar refractivity (Wildman–Crippen MR) is 90.2 cm³/mol. The normalized spacial score (nSPS) is 17.7.